The monoisotopic (exact) mass is 395 g/mol. The number of hydrogen-bond acceptors (Lipinski definition) is 7. The van der Waals surface area contributed by atoms with Gasteiger partial charge in [-0.25, -0.2) is 0 Å². The van der Waals surface area contributed by atoms with Crippen LogP contribution in [0.2, 0.25) is 0 Å². The summed E-state index contributed by atoms with van der Waals surface area (Å²) in [7, 11) is 0. The van der Waals surface area contributed by atoms with Gasteiger partial charge in [0, 0.05) is 10.9 Å². The number of rotatable bonds is 6. The van der Waals surface area contributed by atoms with Gasteiger partial charge in [0.25, 0.3) is 0 Å². The third kappa shape index (κ3) is 4.18. The summed E-state index contributed by atoms with van der Waals surface area (Å²) in [4.78, 5) is 1.28. The highest BCUT2D eigenvalue weighted by atomic mass is 79.9. The Kier molecular flexibility index (Phi) is 6.16. The molecule has 0 aliphatic carbocycles. The van der Waals surface area contributed by atoms with Gasteiger partial charge in [-0.3, -0.25) is 0 Å². The third-order valence-corrected chi connectivity index (χ3v) is 7.75. The van der Waals surface area contributed by atoms with Crippen LogP contribution in [0.1, 0.15) is 23.5 Å². The SMILES string of the molecule is CCC(N)C(Sc1nnc(SC)s1)c1ccc(Br)s1. The van der Waals surface area contributed by atoms with E-state index < -0.39 is 0 Å². The zero-order valence-corrected chi connectivity index (χ0v) is 15.4. The van der Waals surface area contributed by atoms with Crippen molar-refractivity contribution in [3.05, 3.63) is 20.8 Å². The van der Waals surface area contributed by atoms with Crippen LogP contribution in [0.15, 0.2) is 24.6 Å². The summed E-state index contributed by atoms with van der Waals surface area (Å²) in [5.74, 6) is 0. The standard InChI is InChI=1S/C11H14BrN3S4/c1-3-6(13)9(7-4-5-8(12)17-7)18-11-15-14-10(16-2)19-11/h4-6,9H,3,13H2,1-2H3. The minimum atomic E-state index is 0.122. The second kappa shape index (κ2) is 7.42. The van der Waals surface area contributed by atoms with Crippen molar-refractivity contribution in [2.45, 2.75) is 33.3 Å². The predicted octanol–water partition coefficient (Wildman–Crippen LogP) is 4.65. The molecule has 0 saturated carbocycles. The molecule has 8 heteroatoms. The van der Waals surface area contributed by atoms with Crippen molar-refractivity contribution in [2.75, 3.05) is 6.26 Å². The highest BCUT2D eigenvalue weighted by molar-refractivity contribution is 9.11. The average molecular weight is 396 g/mol. The molecule has 19 heavy (non-hydrogen) atoms. The molecule has 2 unspecified atom stereocenters. The third-order valence-electron chi connectivity index (χ3n) is 2.53. The van der Waals surface area contributed by atoms with Crippen molar-refractivity contribution < 1.29 is 0 Å². The molecule has 2 atom stereocenters. The van der Waals surface area contributed by atoms with Gasteiger partial charge in [-0.1, -0.05) is 41.8 Å². The van der Waals surface area contributed by atoms with E-state index in [9.17, 15) is 0 Å². The summed E-state index contributed by atoms with van der Waals surface area (Å²) < 4.78 is 3.12. The molecular weight excluding hydrogens is 382 g/mol. The van der Waals surface area contributed by atoms with Crippen molar-refractivity contribution in [1.29, 1.82) is 0 Å². The second-order valence-electron chi connectivity index (χ2n) is 3.79. The molecule has 0 spiro atoms. The Morgan fingerprint density at radius 2 is 2.05 bits per heavy atom. The van der Waals surface area contributed by atoms with Crippen molar-refractivity contribution in [3.63, 3.8) is 0 Å². The summed E-state index contributed by atoms with van der Waals surface area (Å²) >= 11 is 10.2. The maximum absolute atomic E-state index is 6.27. The zero-order chi connectivity index (χ0) is 13.8. The summed E-state index contributed by atoms with van der Waals surface area (Å²) in [5.41, 5.74) is 6.27. The first-order valence-electron chi connectivity index (χ1n) is 5.69. The minimum Gasteiger partial charge on any atom is -0.326 e. The van der Waals surface area contributed by atoms with Gasteiger partial charge in [0.2, 0.25) is 0 Å². The Hall–Kier alpha value is 0.400. The number of aromatic nitrogens is 2. The minimum absolute atomic E-state index is 0.122. The smallest absolute Gasteiger partial charge is 0.175 e. The van der Waals surface area contributed by atoms with E-state index in [0.29, 0.717) is 0 Å². The molecule has 0 fully saturated rings. The van der Waals surface area contributed by atoms with Gasteiger partial charge >= 0.3 is 0 Å². The zero-order valence-electron chi connectivity index (χ0n) is 10.5. The lowest BCUT2D eigenvalue weighted by Gasteiger charge is -2.19. The van der Waals surface area contributed by atoms with Crippen molar-refractivity contribution in [3.8, 4) is 0 Å². The topological polar surface area (TPSA) is 51.8 Å². The average Bonchev–Trinajstić information content (AvgIpc) is 3.03. The molecule has 0 aromatic carbocycles. The van der Waals surface area contributed by atoms with Crippen LogP contribution in [-0.4, -0.2) is 22.5 Å². The Bertz CT molecular complexity index is 527. The lowest BCUT2D eigenvalue weighted by Crippen LogP contribution is -2.25. The van der Waals surface area contributed by atoms with E-state index in [2.05, 4.69) is 45.2 Å². The maximum Gasteiger partial charge on any atom is 0.175 e. The molecule has 2 aromatic rings. The molecule has 2 N–H and O–H groups in total. The van der Waals surface area contributed by atoms with E-state index in [1.807, 2.05) is 6.26 Å². The van der Waals surface area contributed by atoms with Crippen LogP contribution < -0.4 is 5.73 Å². The fourth-order valence-corrected chi connectivity index (χ4v) is 6.03. The Labute approximate surface area is 137 Å². The number of nitrogens with zero attached hydrogens (tertiary/aromatic N) is 2. The van der Waals surface area contributed by atoms with Gasteiger partial charge in [-0.2, -0.15) is 0 Å². The molecule has 2 heterocycles. The van der Waals surface area contributed by atoms with Crippen LogP contribution in [0.4, 0.5) is 0 Å². The van der Waals surface area contributed by atoms with E-state index in [0.717, 1.165) is 18.9 Å². The summed E-state index contributed by atoms with van der Waals surface area (Å²) in [6.45, 7) is 2.12. The maximum atomic E-state index is 6.27. The molecule has 0 bridgehead atoms. The van der Waals surface area contributed by atoms with Gasteiger partial charge in [0.15, 0.2) is 8.68 Å². The number of halogens is 1. The molecule has 104 valence electrons. The molecule has 0 aliphatic rings. The normalized spacial score (nSPS) is 14.5. The van der Waals surface area contributed by atoms with Gasteiger partial charge in [-0.15, -0.1) is 21.5 Å². The first-order valence-corrected chi connectivity index (χ1v) is 10.2. The first kappa shape index (κ1) is 15.8. The molecule has 2 rings (SSSR count). The van der Waals surface area contributed by atoms with E-state index in [1.54, 1.807) is 46.2 Å². The number of thiophene rings is 1. The van der Waals surface area contributed by atoms with E-state index in [4.69, 9.17) is 5.73 Å². The molecule has 0 aliphatic heterocycles. The summed E-state index contributed by atoms with van der Waals surface area (Å²) in [6.07, 6.45) is 2.96. The molecule has 0 radical (unpaired) electrons. The largest absolute Gasteiger partial charge is 0.326 e. The van der Waals surface area contributed by atoms with E-state index in [-0.39, 0.29) is 11.3 Å². The van der Waals surface area contributed by atoms with E-state index in [1.165, 1.54) is 4.88 Å². The van der Waals surface area contributed by atoms with Crippen LogP contribution >= 0.6 is 62.1 Å². The van der Waals surface area contributed by atoms with E-state index >= 15 is 0 Å². The van der Waals surface area contributed by atoms with Crippen LogP contribution in [0.25, 0.3) is 0 Å². The number of hydrogen-bond donors (Lipinski definition) is 1. The lowest BCUT2D eigenvalue weighted by atomic mass is 10.1. The van der Waals surface area contributed by atoms with Gasteiger partial charge in [-0.05, 0) is 40.7 Å². The first-order chi connectivity index (χ1) is 9.13. The van der Waals surface area contributed by atoms with Crippen molar-refractivity contribution in [2.24, 2.45) is 5.73 Å². The molecule has 2 aromatic heterocycles. The Balaban J connectivity index is 2.18. The van der Waals surface area contributed by atoms with Crippen molar-refractivity contribution >= 4 is 62.1 Å². The number of nitrogens with two attached hydrogens (primary N) is 1. The quantitative estimate of drug-likeness (QED) is 0.720. The Morgan fingerprint density at radius 3 is 2.58 bits per heavy atom. The van der Waals surface area contributed by atoms with Gasteiger partial charge in [0.1, 0.15) is 0 Å². The predicted molar refractivity (Wildman–Crippen MR) is 90.6 cm³/mol. The molecule has 0 saturated heterocycles. The van der Waals surface area contributed by atoms with Crippen LogP contribution in [-0.2, 0) is 0 Å². The van der Waals surface area contributed by atoms with Gasteiger partial charge in [0.05, 0.1) is 9.04 Å². The van der Waals surface area contributed by atoms with Crippen LogP contribution in [0, 0.1) is 0 Å². The second-order valence-corrected chi connectivity index (χ2v) is 9.70. The fourth-order valence-electron chi connectivity index (χ4n) is 1.49. The molecule has 3 nitrogen and oxygen atoms in total. The molecular formula is C11H14BrN3S4. The highest BCUT2D eigenvalue weighted by Crippen LogP contribution is 2.43. The number of thioether (sulfide) groups is 2. The van der Waals surface area contributed by atoms with Crippen LogP contribution in [0.3, 0.4) is 0 Å². The van der Waals surface area contributed by atoms with Crippen molar-refractivity contribution in [1.82, 2.24) is 10.2 Å². The lowest BCUT2D eigenvalue weighted by molar-refractivity contribution is 0.639. The molecule has 0 amide bonds. The Morgan fingerprint density at radius 1 is 1.32 bits per heavy atom. The highest BCUT2D eigenvalue weighted by Gasteiger charge is 2.23. The van der Waals surface area contributed by atoms with Gasteiger partial charge < -0.3 is 5.73 Å². The fraction of sp³-hybridized carbons (Fsp3) is 0.455. The van der Waals surface area contributed by atoms with Crippen LogP contribution in [0.5, 0.6) is 0 Å². The summed E-state index contributed by atoms with van der Waals surface area (Å²) in [6, 6.07) is 4.33. The summed E-state index contributed by atoms with van der Waals surface area (Å²) in [5, 5.41) is 8.60.